The average Bonchev–Trinajstić information content (AvgIpc) is 2.45. The molecule has 1 unspecified atom stereocenters. The molecule has 0 bridgehead atoms. The van der Waals surface area contributed by atoms with Crippen LogP contribution in [0, 0.1) is 0 Å². The van der Waals surface area contributed by atoms with E-state index in [1.165, 1.54) is 0 Å². The van der Waals surface area contributed by atoms with Gasteiger partial charge >= 0.3 is 5.97 Å². The third-order valence-corrected chi connectivity index (χ3v) is 5.00. The summed E-state index contributed by atoms with van der Waals surface area (Å²) in [6.07, 6.45) is 0.0189. The van der Waals surface area contributed by atoms with E-state index in [-0.39, 0.29) is 18.7 Å². The second-order valence-electron chi connectivity index (χ2n) is 4.96. The van der Waals surface area contributed by atoms with Crippen LogP contribution >= 0.6 is 7.37 Å². The standard InChI is InChI=1S/C16H19O4P/c1-2-20-16(17)9-10-21(18,19)12-13-7-8-14-5-3-4-6-15(14)11-13/h3-8,11H,2,9-10,12H2,1H3,(H,18,19). The monoisotopic (exact) mass is 306 g/mol. The van der Waals surface area contributed by atoms with Crippen LogP contribution in [0.2, 0.25) is 0 Å². The van der Waals surface area contributed by atoms with Gasteiger partial charge in [0.15, 0.2) is 0 Å². The third kappa shape index (κ3) is 4.69. The van der Waals surface area contributed by atoms with Crippen LogP contribution in [0.15, 0.2) is 42.5 Å². The van der Waals surface area contributed by atoms with E-state index in [9.17, 15) is 14.3 Å². The van der Waals surface area contributed by atoms with Gasteiger partial charge in [0.2, 0.25) is 7.37 Å². The summed E-state index contributed by atoms with van der Waals surface area (Å²) in [7, 11) is -3.37. The fraction of sp³-hybridized carbons (Fsp3) is 0.312. The van der Waals surface area contributed by atoms with Gasteiger partial charge in [-0.15, -0.1) is 0 Å². The highest BCUT2D eigenvalue weighted by molar-refractivity contribution is 7.57. The first-order chi connectivity index (χ1) is 10.00. The maximum atomic E-state index is 12.2. The Bertz CT molecular complexity index is 681. The third-order valence-electron chi connectivity index (χ3n) is 3.21. The Morgan fingerprint density at radius 2 is 1.90 bits per heavy atom. The summed E-state index contributed by atoms with van der Waals surface area (Å²) in [4.78, 5) is 21.3. The van der Waals surface area contributed by atoms with Gasteiger partial charge in [0.25, 0.3) is 0 Å². The summed E-state index contributed by atoms with van der Waals surface area (Å²) in [5, 5.41) is 2.14. The first-order valence-corrected chi connectivity index (χ1v) is 8.97. The number of benzene rings is 2. The van der Waals surface area contributed by atoms with E-state index in [4.69, 9.17) is 4.74 Å². The van der Waals surface area contributed by atoms with Crippen LogP contribution in [0.3, 0.4) is 0 Å². The Kier molecular flexibility index (Phi) is 5.16. The second kappa shape index (κ2) is 6.88. The summed E-state index contributed by atoms with van der Waals surface area (Å²) < 4.78 is 16.9. The maximum Gasteiger partial charge on any atom is 0.306 e. The predicted octanol–water partition coefficient (Wildman–Crippen LogP) is 3.56. The highest BCUT2D eigenvalue weighted by Gasteiger charge is 2.21. The summed E-state index contributed by atoms with van der Waals surface area (Å²) in [6.45, 7) is 2.00. The van der Waals surface area contributed by atoms with E-state index in [0.29, 0.717) is 6.61 Å². The quantitative estimate of drug-likeness (QED) is 0.654. The lowest BCUT2D eigenvalue weighted by molar-refractivity contribution is -0.142. The SMILES string of the molecule is CCOC(=O)CCP(=O)(O)Cc1ccc2ccccc2c1. The fourth-order valence-electron chi connectivity index (χ4n) is 2.20. The minimum atomic E-state index is -3.37. The van der Waals surface area contributed by atoms with Gasteiger partial charge < -0.3 is 9.63 Å². The molecule has 0 radical (unpaired) electrons. The number of fused-ring (bicyclic) bond motifs is 1. The molecule has 21 heavy (non-hydrogen) atoms. The largest absolute Gasteiger partial charge is 0.466 e. The predicted molar refractivity (Wildman–Crippen MR) is 83.6 cm³/mol. The molecule has 0 aliphatic carbocycles. The molecule has 5 heteroatoms. The van der Waals surface area contributed by atoms with Gasteiger partial charge in [0.05, 0.1) is 13.0 Å². The first kappa shape index (κ1) is 15.7. The molecule has 0 saturated carbocycles. The number of hydrogen-bond acceptors (Lipinski definition) is 3. The number of esters is 1. The van der Waals surface area contributed by atoms with Crippen molar-refractivity contribution in [3.8, 4) is 0 Å². The van der Waals surface area contributed by atoms with Crippen molar-refractivity contribution in [3.63, 3.8) is 0 Å². The van der Waals surface area contributed by atoms with E-state index in [0.717, 1.165) is 16.3 Å². The van der Waals surface area contributed by atoms with E-state index in [1.54, 1.807) is 6.92 Å². The minimum absolute atomic E-state index is 0.0187. The van der Waals surface area contributed by atoms with E-state index in [1.807, 2.05) is 42.5 Å². The second-order valence-corrected chi connectivity index (χ2v) is 7.42. The van der Waals surface area contributed by atoms with Crippen molar-refractivity contribution in [3.05, 3.63) is 48.0 Å². The van der Waals surface area contributed by atoms with Gasteiger partial charge in [-0.3, -0.25) is 9.36 Å². The number of rotatable bonds is 6. The van der Waals surface area contributed by atoms with Gasteiger partial charge in [-0.1, -0.05) is 42.5 Å². The van der Waals surface area contributed by atoms with Gasteiger partial charge in [0.1, 0.15) is 0 Å². The summed E-state index contributed by atoms with van der Waals surface area (Å²) in [5.74, 6) is -0.426. The number of ether oxygens (including phenoxy) is 1. The van der Waals surface area contributed by atoms with E-state index >= 15 is 0 Å². The smallest absolute Gasteiger partial charge is 0.306 e. The molecule has 1 N–H and O–H groups in total. The van der Waals surface area contributed by atoms with E-state index < -0.39 is 13.3 Å². The van der Waals surface area contributed by atoms with Gasteiger partial charge in [-0.25, -0.2) is 0 Å². The fourth-order valence-corrected chi connectivity index (χ4v) is 3.66. The van der Waals surface area contributed by atoms with Crippen LogP contribution in [0.5, 0.6) is 0 Å². The molecule has 0 aliphatic heterocycles. The number of carbonyl (C=O) groups is 1. The summed E-state index contributed by atoms with van der Waals surface area (Å²) in [5.41, 5.74) is 0.809. The van der Waals surface area contributed by atoms with Gasteiger partial charge in [-0.05, 0) is 23.3 Å². The average molecular weight is 306 g/mol. The van der Waals surface area contributed by atoms with Crippen LogP contribution < -0.4 is 0 Å². The molecule has 2 rings (SSSR count). The Balaban J connectivity index is 2.04. The highest BCUT2D eigenvalue weighted by Crippen LogP contribution is 2.45. The molecule has 1 atom stereocenters. The van der Waals surface area contributed by atoms with Crippen molar-refractivity contribution >= 4 is 24.1 Å². The zero-order valence-electron chi connectivity index (χ0n) is 12.0. The van der Waals surface area contributed by atoms with Crippen LogP contribution in [0.1, 0.15) is 18.9 Å². The minimum Gasteiger partial charge on any atom is -0.466 e. The topological polar surface area (TPSA) is 63.6 Å². The highest BCUT2D eigenvalue weighted by atomic mass is 31.2. The molecule has 4 nitrogen and oxygen atoms in total. The van der Waals surface area contributed by atoms with Crippen LogP contribution in [0.25, 0.3) is 10.8 Å². The van der Waals surface area contributed by atoms with Crippen molar-refractivity contribution in [2.45, 2.75) is 19.5 Å². The summed E-state index contributed by atoms with van der Waals surface area (Å²) >= 11 is 0. The summed E-state index contributed by atoms with van der Waals surface area (Å²) in [6, 6.07) is 13.6. The van der Waals surface area contributed by atoms with Gasteiger partial charge in [0, 0.05) is 12.3 Å². The van der Waals surface area contributed by atoms with Crippen molar-refractivity contribution in [1.29, 1.82) is 0 Å². The van der Waals surface area contributed by atoms with Crippen LogP contribution in [-0.2, 0) is 20.3 Å². The molecule has 0 heterocycles. The molecule has 2 aromatic rings. The normalized spacial score (nSPS) is 13.8. The Labute approximate surface area is 124 Å². The zero-order valence-corrected chi connectivity index (χ0v) is 12.9. The first-order valence-electron chi connectivity index (χ1n) is 6.94. The van der Waals surface area contributed by atoms with Crippen molar-refractivity contribution in [1.82, 2.24) is 0 Å². The molecule has 0 aliphatic rings. The number of carbonyl (C=O) groups excluding carboxylic acids is 1. The molecule has 0 amide bonds. The van der Waals surface area contributed by atoms with Crippen molar-refractivity contribution < 1.29 is 19.0 Å². The van der Waals surface area contributed by atoms with Crippen molar-refractivity contribution in [2.24, 2.45) is 0 Å². The maximum absolute atomic E-state index is 12.2. The zero-order chi connectivity index (χ0) is 15.3. The molecular formula is C16H19O4P. The molecule has 0 aromatic heterocycles. The van der Waals surface area contributed by atoms with Crippen LogP contribution in [0.4, 0.5) is 0 Å². The van der Waals surface area contributed by atoms with Gasteiger partial charge in [-0.2, -0.15) is 0 Å². The lowest BCUT2D eigenvalue weighted by Gasteiger charge is -2.12. The molecule has 0 fully saturated rings. The molecule has 2 aromatic carbocycles. The van der Waals surface area contributed by atoms with E-state index in [2.05, 4.69) is 0 Å². The Hall–Kier alpha value is -1.64. The van der Waals surface area contributed by atoms with Crippen LogP contribution in [-0.4, -0.2) is 23.6 Å². The molecule has 0 spiro atoms. The van der Waals surface area contributed by atoms with Crippen molar-refractivity contribution in [2.75, 3.05) is 12.8 Å². The molecular weight excluding hydrogens is 287 g/mol. The lowest BCUT2D eigenvalue weighted by atomic mass is 10.1. The lowest BCUT2D eigenvalue weighted by Crippen LogP contribution is -2.07. The number of hydrogen-bond donors (Lipinski definition) is 1. The molecule has 0 saturated heterocycles. The Morgan fingerprint density at radius 1 is 1.19 bits per heavy atom. The Morgan fingerprint density at radius 3 is 2.62 bits per heavy atom. The molecule has 112 valence electrons.